The van der Waals surface area contributed by atoms with Crippen LogP contribution < -0.4 is 0 Å². The monoisotopic (exact) mass is 464 g/mol. The Balaban J connectivity index is 1.38. The number of hydrogen-bond donors (Lipinski definition) is 1. The van der Waals surface area contributed by atoms with Crippen molar-refractivity contribution in [3.63, 3.8) is 0 Å². The van der Waals surface area contributed by atoms with Crippen LogP contribution in [-0.2, 0) is 9.84 Å². The second-order valence-corrected chi connectivity index (χ2v) is 13.1. The maximum atomic E-state index is 15.5. The van der Waals surface area contributed by atoms with Gasteiger partial charge >= 0.3 is 5.25 Å². The third kappa shape index (κ3) is 3.01. The number of allylic oxidation sites excluding steroid dienone is 1. The van der Waals surface area contributed by atoms with Gasteiger partial charge in [0.2, 0.25) is 9.84 Å². The molecular formula is C26H34F2O3S. The summed E-state index contributed by atoms with van der Waals surface area (Å²) in [5.74, 6) is 2.01. The summed E-state index contributed by atoms with van der Waals surface area (Å²) in [6.07, 6.45) is 6.47. The molecule has 1 aromatic rings. The zero-order valence-electron chi connectivity index (χ0n) is 18.8. The largest absolute Gasteiger partial charge is 0.382 e. The van der Waals surface area contributed by atoms with E-state index >= 15 is 8.78 Å². The average molecular weight is 465 g/mol. The first-order valence-electron chi connectivity index (χ1n) is 12.1. The van der Waals surface area contributed by atoms with Gasteiger partial charge in [-0.1, -0.05) is 37.3 Å². The van der Waals surface area contributed by atoms with Gasteiger partial charge < -0.3 is 5.11 Å². The van der Waals surface area contributed by atoms with Gasteiger partial charge in [0.1, 0.15) is 5.60 Å². The number of alkyl halides is 2. The maximum absolute atomic E-state index is 15.5. The molecule has 0 aromatic heterocycles. The molecule has 0 spiro atoms. The van der Waals surface area contributed by atoms with E-state index in [1.54, 1.807) is 6.07 Å². The average Bonchev–Trinajstić information content (AvgIpc) is 3.08. The van der Waals surface area contributed by atoms with E-state index in [0.29, 0.717) is 30.1 Å². The van der Waals surface area contributed by atoms with E-state index in [-0.39, 0.29) is 24.2 Å². The molecule has 0 bridgehead atoms. The second-order valence-electron chi connectivity index (χ2n) is 11.1. The fraction of sp³-hybridized carbons (Fsp3) is 0.692. The van der Waals surface area contributed by atoms with Crippen LogP contribution in [0.25, 0.3) is 0 Å². The molecule has 32 heavy (non-hydrogen) atoms. The molecule has 4 fully saturated rings. The van der Waals surface area contributed by atoms with E-state index in [2.05, 4.69) is 13.5 Å². The van der Waals surface area contributed by atoms with Crippen molar-refractivity contribution < 1.29 is 22.3 Å². The fourth-order valence-corrected chi connectivity index (χ4v) is 9.54. The van der Waals surface area contributed by atoms with Crippen molar-refractivity contribution in [2.24, 2.45) is 35.0 Å². The van der Waals surface area contributed by atoms with Crippen LogP contribution in [0.5, 0.6) is 0 Å². The summed E-state index contributed by atoms with van der Waals surface area (Å²) in [4.78, 5) is -0.433. The summed E-state index contributed by atoms with van der Waals surface area (Å²) in [7, 11) is -4.98. The van der Waals surface area contributed by atoms with Crippen molar-refractivity contribution in [3.05, 3.63) is 42.5 Å². The number of halogens is 2. The molecule has 0 amide bonds. The van der Waals surface area contributed by atoms with Crippen LogP contribution in [0.4, 0.5) is 8.78 Å². The molecule has 1 aromatic carbocycles. The molecule has 5 rings (SSSR count). The lowest BCUT2D eigenvalue weighted by Crippen LogP contribution is -2.58. The molecule has 4 aliphatic rings. The first-order chi connectivity index (χ1) is 15.0. The molecule has 4 saturated carbocycles. The smallest absolute Gasteiger partial charge is 0.377 e. The standard InChI is InChI=1S/C26H34F2O3S/c1-17-8-11-23-22-10-9-18-16-25(29,15-13-20(18)21(22)12-14-24(17,23)2)26(27,28)32(30,31)19-6-4-3-5-7-19/h3-7,18,20-23,29H,1,8-16H2,2H3/t18-,20-,21+,22+,23-,24+,25+/m0/s1. The van der Waals surface area contributed by atoms with Crippen LogP contribution in [0.3, 0.4) is 0 Å². The zero-order chi connectivity index (χ0) is 22.9. The number of fused-ring (bicyclic) bond motifs is 5. The number of sulfone groups is 1. The highest BCUT2D eigenvalue weighted by molar-refractivity contribution is 7.92. The summed E-state index contributed by atoms with van der Waals surface area (Å²) in [5, 5.41) is 6.91. The van der Waals surface area contributed by atoms with Crippen LogP contribution in [0, 0.1) is 35.0 Å². The van der Waals surface area contributed by atoms with E-state index in [1.807, 2.05) is 0 Å². The number of rotatable bonds is 3. The number of hydrogen-bond acceptors (Lipinski definition) is 3. The fourth-order valence-electron chi connectivity index (χ4n) is 8.05. The molecule has 3 nitrogen and oxygen atoms in total. The second kappa shape index (κ2) is 7.36. The predicted octanol–water partition coefficient (Wildman–Crippen LogP) is 5.99. The van der Waals surface area contributed by atoms with Gasteiger partial charge in [0.15, 0.2) is 0 Å². The van der Waals surface area contributed by atoms with Gasteiger partial charge in [-0.15, -0.1) is 0 Å². The van der Waals surface area contributed by atoms with E-state index in [0.717, 1.165) is 32.1 Å². The third-order valence-electron chi connectivity index (χ3n) is 9.90. The molecule has 6 heteroatoms. The van der Waals surface area contributed by atoms with Crippen LogP contribution in [0.2, 0.25) is 0 Å². The highest BCUT2D eigenvalue weighted by Crippen LogP contribution is 2.65. The van der Waals surface area contributed by atoms with E-state index < -0.39 is 25.6 Å². The topological polar surface area (TPSA) is 54.4 Å². The van der Waals surface area contributed by atoms with Crippen molar-refractivity contribution in [2.75, 3.05) is 0 Å². The Morgan fingerprint density at radius 1 is 1.00 bits per heavy atom. The third-order valence-corrected chi connectivity index (χ3v) is 11.8. The van der Waals surface area contributed by atoms with Gasteiger partial charge in [-0.3, -0.25) is 0 Å². The molecule has 0 aliphatic heterocycles. The zero-order valence-corrected chi connectivity index (χ0v) is 19.6. The highest BCUT2D eigenvalue weighted by Gasteiger charge is 2.65. The summed E-state index contributed by atoms with van der Waals surface area (Å²) >= 11 is 0. The molecule has 0 radical (unpaired) electrons. The summed E-state index contributed by atoms with van der Waals surface area (Å²) < 4.78 is 56.6. The Bertz CT molecular complexity index is 1010. The van der Waals surface area contributed by atoms with Gasteiger partial charge in [0, 0.05) is 0 Å². The van der Waals surface area contributed by atoms with Gasteiger partial charge in [0.05, 0.1) is 4.90 Å². The Hall–Kier alpha value is -1.27. The van der Waals surface area contributed by atoms with Crippen molar-refractivity contribution in [3.8, 4) is 0 Å². The SMILES string of the molecule is C=C1CC[C@H]2[C@@H]3CC[C@H]4C[C@@](O)(C(F)(F)S(=O)(=O)c5ccccc5)CC[C@@H]4[C@H]3CC[C@]12C. The Morgan fingerprint density at radius 2 is 1.69 bits per heavy atom. The van der Waals surface area contributed by atoms with Crippen LogP contribution in [-0.4, -0.2) is 24.4 Å². The maximum Gasteiger partial charge on any atom is 0.377 e. The highest BCUT2D eigenvalue weighted by atomic mass is 32.2. The number of benzene rings is 1. The minimum Gasteiger partial charge on any atom is -0.382 e. The first kappa shape index (κ1) is 22.5. The molecule has 1 N–H and O–H groups in total. The van der Waals surface area contributed by atoms with Crippen LogP contribution >= 0.6 is 0 Å². The van der Waals surface area contributed by atoms with Crippen molar-refractivity contribution in [1.82, 2.24) is 0 Å². The molecule has 176 valence electrons. The summed E-state index contributed by atoms with van der Waals surface area (Å²) in [5.41, 5.74) is -0.910. The van der Waals surface area contributed by atoms with Gasteiger partial charge in [-0.2, -0.15) is 8.78 Å². The van der Waals surface area contributed by atoms with Crippen LogP contribution in [0.15, 0.2) is 47.4 Å². The van der Waals surface area contributed by atoms with E-state index in [4.69, 9.17) is 0 Å². The Morgan fingerprint density at radius 3 is 2.41 bits per heavy atom. The van der Waals surface area contributed by atoms with Crippen LogP contribution in [0.1, 0.15) is 64.7 Å². The lowest BCUT2D eigenvalue weighted by atomic mass is 9.49. The molecular weight excluding hydrogens is 430 g/mol. The van der Waals surface area contributed by atoms with Crippen molar-refractivity contribution in [1.29, 1.82) is 0 Å². The van der Waals surface area contributed by atoms with E-state index in [9.17, 15) is 13.5 Å². The Labute approximate surface area is 190 Å². The quantitative estimate of drug-likeness (QED) is 0.559. The number of aliphatic hydroxyl groups is 1. The molecule has 0 saturated heterocycles. The Kier molecular flexibility index (Phi) is 5.18. The normalized spacial score (nSPS) is 42.1. The molecule has 0 heterocycles. The molecule has 7 atom stereocenters. The minimum atomic E-state index is -4.98. The molecule has 4 aliphatic carbocycles. The first-order valence-corrected chi connectivity index (χ1v) is 13.6. The van der Waals surface area contributed by atoms with Crippen molar-refractivity contribution in [2.45, 2.75) is 80.5 Å². The van der Waals surface area contributed by atoms with E-state index in [1.165, 1.54) is 36.3 Å². The summed E-state index contributed by atoms with van der Waals surface area (Å²) in [6, 6.07) is 6.81. The van der Waals surface area contributed by atoms with Gasteiger partial charge in [-0.25, -0.2) is 8.42 Å². The molecule has 0 unspecified atom stereocenters. The minimum absolute atomic E-state index is 0.0409. The summed E-state index contributed by atoms with van der Waals surface area (Å²) in [6.45, 7) is 6.72. The van der Waals surface area contributed by atoms with Crippen molar-refractivity contribution >= 4 is 9.84 Å². The van der Waals surface area contributed by atoms with Gasteiger partial charge in [-0.05, 0) is 105 Å². The lowest BCUT2D eigenvalue weighted by Gasteiger charge is -2.57. The van der Waals surface area contributed by atoms with Gasteiger partial charge in [0.25, 0.3) is 0 Å². The lowest BCUT2D eigenvalue weighted by molar-refractivity contribution is -0.177. The predicted molar refractivity (Wildman–Crippen MR) is 120 cm³/mol.